The number of aromatic nitrogens is 4. The molecular formula is C14H17N5. The van der Waals surface area contributed by atoms with E-state index in [4.69, 9.17) is 5.73 Å². The number of benzene rings is 1. The Bertz CT molecular complexity index is 723. The third kappa shape index (κ3) is 2.07. The molecule has 0 amide bonds. The van der Waals surface area contributed by atoms with Crippen LogP contribution in [-0.4, -0.2) is 19.3 Å². The number of rotatable bonds is 3. The molecular weight excluding hydrogens is 238 g/mol. The molecule has 19 heavy (non-hydrogen) atoms. The van der Waals surface area contributed by atoms with Gasteiger partial charge in [0.25, 0.3) is 0 Å². The molecule has 5 heteroatoms. The van der Waals surface area contributed by atoms with E-state index in [-0.39, 0.29) is 0 Å². The number of nitrogens with zero attached hydrogens (tertiary/aromatic N) is 4. The lowest BCUT2D eigenvalue weighted by Crippen LogP contribution is -2.10. The van der Waals surface area contributed by atoms with Crippen molar-refractivity contribution in [2.75, 3.05) is 5.73 Å². The number of para-hydroxylation sites is 1. The first-order valence-electron chi connectivity index (χ1n) is 6.35. The van der Waals surface area contributed by atoms with Crippen molar-refractivity contribution < 1.29 is 0 Å². The van der Waals surface area contributed by atoms with Gasteiger partial charge in [-0.15, -0.1) is 0 Å². The third-order valence-electron chi connectivity index (χ3n) is 3.33. The molecule has 2 aromatic heterocycles. The minimum absolute atomic E-state index is 0.563. The Kier molecular flexibility index (Phi) is 2.74. The van der Waals surface area contributed by atoms with Crippen LogP contribution in [0.15, 0.2) is 30.6 Å². The predicted molar refractivity (Wildman–Crippen MR) is 75.8 cm³/mol. The summed E-state index contributed by atoms with van der Waals surface area (Å²) in [7, 11) is 0. The molecule has 0 fully saturated rings. The highest BCUT2D eigenvalue weighted by Gasteiger charge is 2.09. The molecule has 0 saturated heterocycles. The van der Waals surface area contributed by atoms with Crippen molar-refractivity contribution in [2.45, 2.75) is 26.9 Å². The molecule has 1 aromatic carbocycles. The van der Waals surface area contributed by atoms with Crippen LogP contribution in [-0.2, 0) is 13.1 Å². The summed E-state index contributed by atoms with van der Waals surface area (Å²) >= 11 is 0. The minimum Gasteiger partial charge on any atom is -0.369 e. The molecule has 0 aliphatic carbocycles. The topological polar surface area (TPSA) is 61.7 Å². The average Bonchev–Trinajstić information content (AvgIpc) is 2.92. The molecule has 0 bridgehead atoms. The van der Waals surface area contributed by atoms with E-state index in [0.717, 1.165) is 29.7 Å². The molecule has 0 unspecified atom stereocenters. The van der Waals surface area contributed by atoms with Gasteiger partial charge < -0.3 is 10.3 Å². The van der Waals surface area contributed by atoms with E-state index in [0.29, 0.717) is 5.95 Å². The second kappa shape index (κ2) is 4.42. The highest BCUT2D eigenvalue weighted by Crippen LogP contribution is 2.20. The SMILES string of the molecule is Cc1cnn(CCn2c(N)nc3c(C)cccc32)c1. The maximum Gasteiger partial charge on any atom is 0.201 e. The van der Waals surface area contributed by atoms with Crippen molar-refractivity contribution in [3.8, 4) is 0 Å². The zero-order chi connectivity index (χ0) is 13.4. The first kappa shape index (κ1) is 11.8. The normalized spacial score (nSPS) is 11.3. The number of anilines is 1. The summed E-state index contributed by atoms with van der Waals surface area (Å²) < 4.78 is 3.97. The van der Waals surface area contributed by atoms with Gasteiger partial charge in [-0.3, -0.25) is 4.68 Å². The van der Waals surface area contributed by atoms with Gasteiger partial charge in [0, 0.05) is 12.7 Å². The zero-order valence-electron chi connectivity index (χ0n) is 11.2. The highest BCUT2D eigenvalue weighted by atomic mass is 15.3. The standard InChI is InChI=1S/C14H17N5/c1-10-8-16-18(9-10)6-7-19-12-5-3-4-11(2)13(12)17-14(19)15/h3-5,8-9H,6-7H2,1-2H3,(H2,15,17). The van der Waals surface area contributed by atoms with Crippen molar-refractivity contribution in [1.29, 1.82) is 0 Å². The van der Waals surface area contributed by atoms with Crippen molar-refractivity contribution >= 4 is 17.0 Å². The van der Waals surface area contributed by atoms with Gasteiger partial charge >= 0.3 is 0 Å². The molecule has 98 valence electrons. The molecule has 5 nitrogen and oxygen atoms in total. The molecule has 0 aliphatic rings. The van der Waals surface area contributed by atoms with Crippen LogP contribution in [0.3, 0.4) is 0 Å². The van der Waals surface area contributed by atoms with Gasteiger partial charge in [0.15, 0.2) is 0 Å². The molecule has 2 N–H and O–H groups in total. The van der Waals surface area contributed by atoms with Crippen molar-refractivity contribution in [3.05, 3.63) is 41.7 Å². The molecule has 0 radical (unpaired) electrons. The average molecular weight is 255 g/mol. The smallest absolute Gasteiger partial charge is 0.201 e. The van der Waals surface area contributed by atoms with Gasteiger partial charge in [-0.1, -0.05) is 12.1 Å². The Morgan fingerprint density at radius 2 is 2.05 bits per heavy atom. The number of hydrogen-bond donors (Lipinski definition) is 1. The minimum atomic E-state index is 0.563. The zero-order valence-corrected chi connectivity index (χ0v) is 11.2. The van der Waals surface area contributed by atoms with Crippen LogP contribution in [0.2, 0.25) is 0 Å². The van der Waals surface area contributed by atoms with Crippen molar-refractivity contribution in [2.24, 2.45) is 0 Å². The number of nitrogen functional groups attached to an aromatic ring is 1. The van der Waals surface area contributed by atoms with Crippen LogP contribution in [0.1, 0.15) is 11.1 Å². The lowest BCUT2D eigenvalue weighted by Gasteiger charge is -2.06. The van der Waals surface area contributed by atoms with Gasteiger partial charge in [0.05, 0.1) is 23.8 Å². The molecule has 0 aliphatic heterocycles. The fourth-order valence-corrected chi connectivity index (χ4v) is 2.33. The summed E-state index contributed by atoms with van der Waals surface area (Å²) in [6, 6.07) is 6.14. The number of hydrogen-bond acceptors (Lipinski definition) is 3. The monoisotopic (exact) mass is 255 g/mol. The summed E-state index contributed by atoms with van der Waals surface area (Å²) in [4.78, 5) is 4.44. The molecule has 3 rings (SSSR count). The fraction of sp³-hybridized carbons (Fsp3) is 0.286. The van der Waals surface area contributed by atoms with Crippen molar-refractivity contribution in [3.63, 3.8) is 0 Å². The van der Waals surface area contributed by atoms with Gasteiger partial charge in [0.1, 0.15) is 0 Å². The number of nitrogens with two attached hydrogens (primary N) is 1. The van der Waals surface area contributed by atoms with E-state index in [1.807, 2.05) is 34.6 Å². The third-order valence-corrected chi connectivity index (χ3v) is 3.33. The molecule has 3 aromatic rings. The van der Waals surface area contributed by atoms with Gasteiger partial charge in [-0.2, -0.15) is 5.10 Å². The molecule has 2 heterocycles. The maximum atomic E-state index is 6.01. The van der Waals surface area contributed by atoms with Crippen molar-refractivity contribution in [1.82, 2.24) is 19.3 Å². The second-order valence-corrected chi connectivity index (χ2v) is 4.85. The number of fused-ring (bicyclic) bond motifs is 1. The van der Waals surface area contributed by atoms with Crippen LogP contribution in [0.4, 0.5) is 5.95 Å². The fourth-order valence-electron chi connectivity index (χ4n) is 2.33. The van der Waals surface area contributed by atoms with Gasteiger partial charge in [-0.05, 0) is 31.0 Å². The molecule has 0 atom stereocenters. The maximum absolute atomic E-state index is 6.01. The van der Waals surface area contributed by atoms with E-state index in [1.54, 1.807) is 0 Å². The van der Waals surface area contributed by atoms with Crippen LogP contribution >= 0.6 is 0 Å². The Balaban J connectivity index is 1.92. The van der Waals surface area contributed by atoms with Gasteiger partial charge in [0.2, 0.25) is 5.95 Å². The summed E-state index contributed by atoms with van der Waals surface area (Å²) in [5.74, 6) is 0.563. The Morgan fingerprint density at radius 3 is 2.79 bits per heavy atom. The summed E-state index contributed by atoms with van der Waals surface area (Å²) in [6.45, 7) is 5.65. The van der Waals surface area contributed by atoms with E-state index in [1.165, 1.54) is 5.56 Å². The van der Waals surface area contributed by atoms with E-state index >= 15 is 0 Å². The summed E-state index contributed by atoms with van der Waals surface area (Å²) in [5.41, 5.74) is 10.4. The van der Waals surface area contributed by atoms with E-state index in [2.05, 4.69) is 29.1 Å². The highest BCUT2D eigenvalue weighted by molar-refractivity contribution is 5.81. The van der Waals surface area contributed by atoms with Crippen LogP contribution < -0.4 is 5.73 Å². The molecule has 0 spiro atoms. The first-order valence-corrected chi connectivity index (χ1v) is 6.35. The second-order valence-electron chi connectivity index (χ2n) is 4.85. The number of imidazole rings is 1. The Morgan fingerprint density at radius 1 is 1.21 bits per heavy atom. The van der Waals surface area contributed by atoms with Gasteiger partial charge in [-0.25, -0.2) is 4.98 Å². The predicted octanol–water partition coefficient (Wildman–Crippen LogP) is 2.13. The Hall–Kier alpha value is -2.30. The van der Waals surface area contributed by atoms with Crippen LogP contribution in [0, 0.1) is 13.8 Å². The quantitative estimate of drug-likeness (QED) is 0.780. The lowest BCUT2D eigenvalue weighted by atomic mass is 10.2. The van der Waals surface area contributed by atoms with Crippen LogP contribution in [0.5, 0.6) is 0 Å². The number of aryl methyl sites for hydroxylation is 4. The van der Waals surface area contributed by atoms with E-state index in [9.17, 15) is 0 Å². The first-order chi connectivity index (χ1) is 9.15. The van der Waals surface area contributed by atoms with E-state index < -0.39 is 0 Å². The lowest BCUT2D eigenvalue weighted by molar-refractivity contribution is 0.544. The Labute approximate surface area is 111 Å². The summed E-state index contributed by atoms with van der Waals surface area (Å²) in [6.07, 6.45) is 3.89. The molecule has 0 saturated carbocycles. The summed E-state index contributed by atoms with van der Waals surface area (Å²) in [5, 5.41) is 4.28. The van der Waals surface area contributed by atoms with Crippen LogP contribution in [0.25, 0.3) is 11.0 Å². The largest absolute Gasteiger partial charge is 0.369 e.